The Morgan fingerprint density at radius 1 is 1.27 bits per heavy atom. The van der Waals surface area contributed by atoms with Gasteiger partial charge in [0.05, 0.1) is 0 Å². The highest BCUT2D eigenvalue weighted by atomic mass is 15.2. The predicted octanol–water partition coefficient (Wildman–Crippen LogP) is 2.11. The van der Waals surface area contributed by atoms with Crippen molar-refractivity contribution in [2.75, 3.05) is 26.2 Å². The number of hydrogen-bond donors (Lipinski definition) is 1. The van der Waals surface area contributed by atoms with Crippen molar-refractivity contribution in [3.05, 3.63) is 0 Å². The van der Waals surface area contributed by atoms with E-state index in [0.717, 1.165) is 17.9 Å². The van der Waals surface area contributed by atoms with Crippen molar-refractivity contribution in [1.82, 2.24) is 10.2 Å². The van der Waals surface area contributed by atoms with Gasteiger partial charge in [-0.25, -0.2) is 0 Å². The molecule has 1 N–H and O–H groups in total. The highest BCUT2D eigenvalue weighted by Gasteiger charge is 2.33. The first-order valence-electron chi connectivity index (χ1n) is 6.70. The molecule has 1 aliphatic carbocycles. The summed E-state index contributed by atoms with van der Waals surface area (Å²) >= 11 is 0. The molecule has 1 atom stereocenters. The van der Waals surface area contributed by atoms with E-state index in [9.17, 15) is 0 Å². The molecule has 0 aromatic carbocycles. The third kappa shape index (κ3) is 3.76. The van der Waals surface area contributed by atoms with Gasteiger partial charge in [0, 0.05) is 12.6 Å². The molecule has 0 radical (unpaired) electrons. The lowest BCUT2D eigenvalue weighted by Crippen LogP contribution is -2.28. The second-order valence-corrected chi connectivity index (χ2v) is 5.77. The van der Waals surface area contributed by atoms with Crippen molar-refractivity contribution in [2.24, 2.45) is 11.8 Å². The SMILES string of the molecule is CC(C)CCNCC1CCN(C2CC2)C1. The molecule has 0 aromatic rings. The van der Waals surface area contributed by atoms with Gasteiger partial charge in [0.1, 0.15) is 0 Å². The molecule has 1 heterocycles. The van der Waals surface area contributed by atoms with Crippen molar-refractivity contribution in [1.29, 1.82) is 0 Å². The van der Waals surface area contributed by atoms with E-state index >= 15 is 0 Å². The van der Waals surface area contributed by atoms with Crippen LogP contribution in [0.2, 0.25) is 0 Å². The Hall–Kier alpha value is -0.0800. The Labute approximate surface area is 94.4 Å². The summed E-state index contributed by atoms with van der Waals surface area (Å²) in [6, 6.07) is 0.977. The first kappa shape index (κ1) is 11.4. The lowest BCUT2D eigenvalue weighted by molar-refractivity contribution is 0.311. The molecular formula is C13H26N2. The van der Waals surface area contributed by atoms with Gasteiger partial charge in [-0.2, -0.15) is 0 Å². The molecule has 88 valence electrons. The van der Waals surface area contributed by atoms with E-state index in [-0.39, 0.29) is 0 Å². The van der Waals surface area contributed by atoms with Crippen LogP contribution >= 0.6 is 0 Å². The zero-order valence-electron chi connectivity index (χ0n) is 10.3. The first-order chi connectivity index (χ1) is 7.25. The van der Waals surface area contributed by atoms with Crippen LogP contribution in [0.4, 0.5) is 0 Å². The molecule has 0 spiro atoms. The van der Waals surface area contributed by atoms with Gasteiger partial charge in [-0.3, -0.25) is 0 Å². The van der Waals surface area contributed by atoms with Crippen LogP contribution in [0.15, 0.2) is 0 Å². The summed E-state index contributed by atoms with van der Waals surface area (Å²) < 4.78 is 0. The van der Waals surface area contributed by atoms with E-state index in [1.54, 1.807) is 0 Å². The standard InChI is InChI=1S/C13H26N2/c1-11(2)5-7-14-9-12-6-8-15(10-12)13-3-4-13/h11-14H,3-10H2,1-2H3. The molecule has 2 fully saturated rings. The number of likely N-dealkylation sites (tertiary alicyclic amines) is 1. The second kappa shape index (κ2) is 5.31. The summed E-state index contributed by atoms with van der Waals surface area (Å²) in [5.41, 5.74) is 0. The molecular weight excluding hydrogens is 184 g/mol. The van der Waals surface area contributed by atoms with Gasteiger partial charge in [-0.15, -0.1) is 0 Å². The van der Waals surface area contributed by atoms with Crippen LogP contribution in [-0.2, 0) is 0 Å². The Kier molecular flexibility index (Phi) is 4.04. The highest BCUT2D eigenvalue weighted by molar-refractivity contribution is 4.89. The fourth-order valence-corrected chi connectivity index (χ4v) is 2.50. The van der Waals surface area contributed by atoms with Crippen LogP contribution in [0.1, 0.15) is 39.5 Å². The maximum absolute atomic E-state index is 3.61. The summed E-state index contributed by atoms with van der Waals surface area (Å²) in [7, 11) is 0. The zero-order chi connectivity index (χ0) is 10.7. The molecule has 1 aliphatic heterocycles. The van der Waals surface area contributed by atoms with Crippen LogP contribution in [0.5, 0.6) is 0 Å². The molecule has 1 unspecified atom stereocenters. The van der Waals surface area contributed by atoms with Crippen molar-refractivity contribution in [3.63, 3.8) is 0 Å². The largest absolute Gasteiger partial charge is 0.316 e. The summed E-state index contributed by atoms with van der Waals surface area (Å²) in [4.78, 5) is 2.70. The highest BCUT2D eigenvalue weighted by Crippen LogP contribution is 2.31. The molecule has 0 aromatic heterocycles. The summed E-state index contributed by atoms with van der Waals surface area (Å²) in [6.45, 7) is 9.77. The molecule has 15 heavy (non-hydrogen) atoms. The summed E-state index contributed by atoms with van der Waals surface area (Å²) in [6.07, 6.45) is 5.67. The maximum atomic E-state index is 3.61. The Morgan fingerprint density at radius 2 is 2.07 bits per heavy atom. The minimum atomic E-state index is 0.837. The number of nitrogens with one attached hydrogen (secondary N) is 1. The van der Waals surface area contributed by atoms with Crippen LogP contribution < -0.4 is 5.32 Å². The Morgan fingerprint density at radius 3 is 2.73 bits per heavy atom. The number of nitrogens with zero attached hydrogens (tertiary/aromatic N) is 1. The van der Waals surface area contributed by atoms with Crippen LogP contribution in [-0.4, -0.2) is 37.1 Å². The van der Waals surface area contributed by atoms with Gasteiger partial charge in [0.15, 0.2) is 0 Å². The monoisotopic (exact) mass is 210 g/mol. The third-order valence-corrected chi connectivity index (χ3v) is 3.71. The van der Waals surface area contributed by atoms with E-state index < -0.39 is 0 Å². The van der Waals surface area contributed by atoms with Gasteiger partial charge in [0.2, 0.25) is 0 Å². The van der Waals surface area contributed by atoms with Crippen molar-refractivity contribution in [3.8, 4) is 0 Å². The molecule has 2 aliphatic rings. The van der Waals surface area contributed by atoms with Gasteiger partial charge in [0.25, 0.3) is 0 Å². The Bertz CT molecular complexity index is 187. The normalized spacial score (nSPS) is 27.8. The summed E-state index contributed by atoms with van der Waals surface area (Å²) in [5, 5.41) is 3.61. The quantitative estimate of drug-likeness (QED) is 0.676. The molecule has 0 amide bonds. The van der Waals surface area contributed by atoms with Crippen molar-refractivity contribution in [2.45, 2.75) is 45.6 Å². The fourth-order valence-electron chi connectivity index (χ4n) is 2.50. The van der Waals surface area contributed by atoms with Crippen LogP contribution in [0.3, 0.4) is 0 Å². The van der Waals surface area contributed by atoms with E-state index in [4.69, 9.17) is 0 Å². The minimum Gasteiger partial charge on any atom is -0.316 e. The summed E-state index contributed by atoms with van der Waals surface area (Å²) in [5.74, 6) is 1.77. The smallest absolute Gasteiger partial charge is 0.00965 e. The topological polar surface area (TPSA) is 15.3 Å². The molecule has 1 saturated carbocycles. The molecule has 1 saturated heterocycles. The minimum absolute atomic E-state index is 0.837. The maximum Gasteiger partial charge on any atom is 0.00965 e. The van der Waals surface area contributed by atoms with Gasteiger partial charge in [-0.05, 0) is 57.2 Å². The van der Waals surface area contributed by atoms with Crippen molar-refractivity contribution < 1.29 is 0 Å². The number of rotatable bonds is 6. The van der Waals surface area contributed by atoms with E-state index in [2.05, 4.69) is 24.1 Å². The Balaban J connectivity index is 1.52. The van der Waals surface area contributed by atoms with Crippen molar-refractivity contribution >= 4 is 0 Å². The predicted molar refractivity (Wildman–Crippen MR) is 65.0 cm³/mol. The fraction of sp³-hybridized carbons (Fsp3) is 1.00. The van der Waals surface area contributed by atoms with Gasteiger partial charge in [-0.1, -0.05) is 13.8 Å². The molecule has 2 heteroatoms. The number of hydrogen-bond acceptors (Lipinski definition) is 2. The van der Waals surface area contributed by atoms with Gasteiger partial charge >= 0.3 is 0 Å². The molecule has 2 rings (SSSR count). The van der Waals surface area contributed by atoms with Crippen LogP contribution in [0, 0.1) is 11.8 Å². The average Bonchev–Trinajstić information content (AvgIpc) is 2.94. The zero-order valence-corrected chi connectivity index (χ0v) is 10.3. The van der Waals surface area contributed by atoms with Gasteiger partial charge < -0.3 is 10.2 Å². The van der Waals surface area contributed by atoms with Crippen LogP contribution in [0.25, 0.3) is 0 Å². The molecule has 0 bridgehead atoms. The van der Waals surface area contributed by atoms with E-state index in [1.165, 1.54) is 51.9 Å². The third-order valence-electron chi connectivity index (χ3n) is 3.71. The second-order valence-electron chi connectivity index (χ2n) is 5.77. The lowest BCUT2D eigenvalue weighted by atomic mass is 10.1. The average molecular weight is 210 g/mol. The van der Waals surface area contributed by atoms with E-state index in [0.29, 0.717) is 0 Å². The molecule has 2 nitrogen and oxygen atoms in total. The first-order valence-corrected chi connectivity index (χ1v) is 6.70. The van der Waals surface area contributed by atoms with E-state index in [1.807, 2.05) is 0 Å². The lowest BCUT2D eigenvalue weighted by Gasteiger charge is -2.15.